The van der Waals surface area contributed by atoms with Crippen LogP contribution in [0.4, 0.5) is 11.4 Å². The first kappa shape index (κ1) is 12.0. The Labute approximate surface area is 110 Å². The van der Waals surface area contributed by atoms with Crippen molar-refractivity contribution in [2.45, 2.75) is 12.1 Å². The van der Waals surface area contributed by atoms with Gasteiger partial charge in [-0.1, -0.05) is 6.07 Å². The molecule has 1 fully saturated rings. The van der Waals surface area contributed by atoms with Crippen LogP contribution in [0.5, 0.6) is 0 Å². The maximum Gasteiger partial charge on any atom is 0.245 e. The number of anilines is 2. The van der Waals surface area contributed by atoms with Crippen LogP contribution in [-0.4, -0.2) is 31.7 Å². The third-order valence-corrected chi connectivity index (χ3v) is 3.49. The molecule has 2 aliphatic rings. The summed E-state index contributed by atoms with van der Waals surface area (Å²) in [5.41, 5.74) is 8.32. The summed E-state index contributed by atoms with van der Waals surface area (Å²) >= 11 is 0. The molecule has 3 rings (SSSR count). The molecule has 2 heterocycles. The highest BCUT2D eigenvalue weighted by Crippen LogP contribution is 2.33. The summed E-state index contributed by atoms with van der Waals surface area (Å²) in [6.07, 6.45) is -0.404. The number of nitrogens with one attached hydrogen (secondary N) is 1. The molecular weight excluding hydrogens is 244 g/mol. The summed E-state index contributed by atoms with van der Waals surface area (Å²) in [5, 5.41) is 11.7. The molecule has 1 aromatic carbocycles. The molecule has 6 heteroatoms. The van der Waals surface area contributed by atoms with E-state index in [-0.39, 0.29) is 5.91 Å². The van der Waals surface area contributed by atoms with Crippen LogP contribution >= 0.6 is 0 Å². The zero-order valence-corrected chi connectivity index (χ0v) is 10.3. The Bertz CT molecular complexity index is 566. The predicted octanol–water partition coefficient (Wildman–Crippen LogP) is 0.367. The fourth-order valence-corrected chi connectivity index (χ4v) is 2.43. The van der Waals surface area contributed by atoms with E-state index in [4.69, 9.17) is 15.7 Å². The molecule has 98 valence electrons. The number of hydrogen-bond donors (Lipinski definition) is 2. The minimum Gasteiger partial charge on any atom is -0.365 e. The molecule has 3 N–H and O–H groups in total. The number of nitriles is 1. The molecule has 2 unspecified atom stereocenters. The van der Waals surface area contributed by atoms with Gasteiger partial charge in [-0.3, -0.25) is 4.79 Å². The Morgan fingerprint density at radius 3 is 3.16 bits per heavy atom. The van der Waals surface area contributed by atoms with E-state index in [1.54, 1.807) is 0 Å². The van der Waals surface area contributed by atoms with Crippen LogP contribution in [0.1, 0.15) is 11.6 Å². The van der Waals surface area contributed by atoms with E-state index in [1.807, 2.05) is 18.2 Å². The van der Waals surface area contributed by atoms with Crippen molar-refractivity contribution in [3.05, 3.63) is 23.8 Å². The van der Waals surface area contributed by atoms with Gasteiger partial charge >= 0.3 is 0 Å². The van der Waals surface area contributed by atoms with Gasteiger partial charge in [0.1, 0.15) is 6.04 Å². The lowest BCUT2D eigenvalue weighted by Gasteiger charge is -2.31. The van der Waals surface area contributed by atoms with Crippen molar-refractivity contribution < 1.29 is 9.53 Å². The van der Waals surface area contributed by atoms with E-state index in [2.05, 4.69) is 16.3 Å². The summed E-state index contributed by atoms with van der Waals surface area (Å²) < 4.78 is 5.31. The number of nitrogens with zero attached hydrogens (tertiary/aromatic N) is 2. The number of carbonyl (C=O) groups is 1. The first-order chi connectivity index (χ1) is 9.19. The summed E-state index contributed by atoms with van der Waals surface area (Å²) in [5.74, 6) is -0.177. The summed E-state index contributed by atoms with van der Waals surface area (Å²) in [7, 11) is 0. The Kier molecular flexibility index (Phi) is 2.85. The molecule has 0 aromatic heterocycles. The Balaban J connectivity index is 1.86. The lowest BCUT2D eigenvalue weighted by atomic mass is 10.1. The van der Waals surface area contributed by atoms with Crippen LogP contribution in [0.25, 0.3) is 0 Å². The zero-order chi connectivity index (χ0) is 13.4. The normalized spacial score (nSPS) is 25.7. The van der Waals surface area contributed by atoms with E-state index in [0.717, 1.165) is 23.5 Å². The topological polar surface area (TPSA) is 91.4 Å². The number of nitrogens with two attached hydrogens (primary N) is 1. The molecule has 2 aliphatic heterocycles. The molecule has 0 bridgehead atoms. The van der Waals surface area contributed by atoms with Crippen LogP contribution < -0.4 is 16.0 Å². The van der Waals surface area contributed by atoms with Gasteiger partial charge in [-0.05, 0) is 12.1 Å². The lowest BCUT2D eigenvalue weighted by Crippen LogP contribution is -2.41. The van der Waals surface area contributed by atoms with Gasteiger partial charge in [0.2, 0.25) is 5.91 Å². The van der Waals surface area contributed by atoms with Crippen LogP contribution in [-0.2, 0) is 9.53 Å². The molecular formula is C13H14N4O2. The fraction of sp³-hybridized carbons (Fsp3) is 0.385. The van der Waals surface area contributed by atoms with Crippen molar-refractivity contribution in [3.8, 4) is 6.07 Å². The van der Waals surface area contributed by atoms with E-state index in [9.17, 15) is 4.79 Å². The molecule has 1 amide bonds. The Hall–Kier alpha value is -2.10. The number of fused-ring (bicyclic) bond motifs is 1. The van der Waals surface area contributed by atoms with Crippen molar-refractivity contribution >= 4 is 17.3 Å². The first-order valence-electron chi connectivity index (χ1n) is 6.15. The van der Waals surface area contributed by atoms with Crippen LogP contribution in [0.2, 0.25) is 0 Å². The average Bonchev–Trinajstić information content (AvgIpc) is 2.73. The van der Waals surface area contributed by atoms with Gasteiger partial charge in [0.15, 0.2) is 6.10 Å². The van der Waals surface area contributed by atoms with E-state index in [0.29, 0.717) is 13.2 Å². The van der Waals surface area contributed by atoms with Crippen molar-refractivity contribution in [1.29, 1.82) is 5.26 Å². The van der Waals surface area contributed by atoms with Gasteiger partial charge < -0.3 is 20.7 Å². The van der Waals surface area contributed by atoms with Gasteiger partial charge in [-0.2, -0.15) is 5.26 Å². The molecule has 6 nitrogen and oxygen atoms in total. The highest BCUT2D eigenvalue weighted by atomic mass is 16.5. The van der Waals surface area contributed by atoms with Gasteiger partial charge in [0.05, 0.1) is 19.2 Å². The third kappa shape index (κ3) is 2.03. The SMILES string of the molecule is N#CC1CN(c2ccc3c(c2)NC(=O)C3N)CCO1. The molecule has 1 aromatic rings. The predicted molar refractivity (Wildman–Crippen MR) is 69.6 cm³/mol. The number of morpholine rings is 1. The van der Waals surface area contributed by atoms with Crippen molar-refractivity contribution in [2.75, 3.05) is 29.9 Å². The smallest absolute Gasteiger partial charge is 0.245 e. The quantitative estimate of drug-likeness (QED) is 0.759. The second-order valence-electron chi connectivity index (χ2n) is 4.67. The second-order valence-corrected chi connectivity index (χ2v) is 4.67. The van der Waals surface area contributed by atoms with E-state index < -0.39 is 12.1 Å². The molecule has 1 saturated heterocycles. The fourth-order valence-electron chi connectivity index (χ4n) is 2.43. The molecule has 0 saturated carbocycles. The minimum atomic E-state index is -0.583. The second kappa shape index (κ2) is 4.53. The Morgan fingerprint density at radius 1 is 1.53 bits per heavy atom. The molecule has 19 heavy (non-hydrogen) atoms. The van der Waals surface area contributed by atoms with Crippen molar-refractivity contribution in [2.24, 2.45) is 5.73 Å². The molecule has 0 spiro atoms. The minimum absolute atomic E-state index is 0.177. The highest BCUT2D eigenvalue weighted by molar-refractivity contribution is 6.02. The number of ether oxygens (including phenoxy) is 1. The average molecular weight is 258 g/mol. The lowest BCUT2D eigenvalue weighted by molar-refractivity contribution is -0.116. The monoisotopic (exact) mass is 258 g/mol. The number of benzene rings is 1. The van der Waals surface area contributed by atoms with Gasteiger partial charge in [0.25, 0.3) is 0 Å². The first-order valence-corrected chi connectivity index (χ1v) is 6.15. The molecule has 2 atom stereocenters. The van der Waals surface area contributed by atoms with Gasteiger partial charge in [-0.15, -0.1) is 0 Å². The zero-order valence-electron chi connectivity index (χ0n) is 10.3. The highest BCUT2D eigenvalue weighted by Gasteiger charge is 2.28. The third-order valence-electron chi connectivity index (χ3n) is 3.49. The maximum absolute atomic E-state index is 11.5. The van der Waals surface area contributed by atoms with Crippen LogP contribution in [0, 0.1) is 11.3 Å². The van der Waals surface area contributed by atoms with E-state index in [1.165, 1.54) is 0 Å². The van der Waals surface area contributed by atoms with E-state index >= 15 is 0 Å². The number of amides is 1. The van der Waals surface area contributed by atoms with Gasteiger partial charge in [0, 0.05) is 23.5 Å². The maximum atomic E-state index is 11.5. The molecule has 0 aliphatic carbocycles. The number of hydrogen-bond acceptors (Lipinski definition) is 5. The summed E-state index contributed by atoms with van der Waals surface area (Å²) in [6.45, 7) is 1.80. The van der Waals surface area contributed by atoms with Crippen molar-refractivity contribution in [3.63, 3.8) is 0 Å². The van der Waals surface area contributed by atoms with Crippen LogP contribution in [0.3, 0.4) is 0 Å². The standard InChI is InChI=1S/C13H14N4O2/c14-6-9-7-17(3-4-19-9)8-1-2-10-11(5-8)16-13(18)12(10)15/h1-2,5,9,12H,3-4,7,15H2,(H,16,18). The Morgan fingerprint density at radius 2 is 2.37 bits per heavy atom. The number of rotatable bonds is 1. The van der Waals surface area contributed by atoms with Crippen LogP contribution in [0.15, 0.2) is 18.2 Å². The summed E-state index contributed by atoms with van der Waals surface area (Å²) in [6, 6.07) is 7.23. The molecule has 0 radical (unpaired) electrons. The van der Waals surface area contributed by atoms with Crippen molar-refractivity contribution in [1.82, 2.24) is 0 Å². The largest absolute Gasteiger partial charge is 0.365 e. The summed E-state index contributed by atoms with van der Waals surface area (Å²) in [4.78, 5) is 13.6. The number of carbonyl (C=O) groups excluding carboxylic acids is 1. The van der Waals surface area contributed by atoms with Gasteiger partial charge in [-0.25, -0.2) is 0 Å².